The molecule has 1 fully saturated rings. The molecule has 1 saturated heterocycles. The van der Waals surface area contributed by atoms with E-state index in [1.165, 1.54) is 17.6 Å². The number of fused-ring (bicyclic) bond motifs is 1. The van der Waals surface area contributed by atoms with E-state index in [0.29, 0.717) is 11.4 Å². The number of carbonyl (C=O) groups is 2. The van der Waals surface area contributed by atoms with E-state index in [2.05, 4.69) is 39.3 Å². The van der Waals surface area contributed by atoms with Gasteiger partial charge in [-0.25, -0.2) is 9.97 Å². The number of carbonyl (C=O) groups excluding carboxylic acids is 2. The summed E-state index contributed by atoms with van der Waals surface area (Å²) in [5, 5.41) is 6.87. The highest BCUT2D eigenvalue weighted by Crippen LogP contribution is 2.35. The van der Waals surface area contributed by atoms with Crippen molar-refractivity contribution < 1.29 is 14.3 Å². The summed E-state index contributed by atoms with van der Waals surface area (Å²) in [6.45, 7) is 5.75. The Morgan fingerprint density at radius 3 is 2.59 bits per heavy atom. The largest absolute Gasteiger partial charge is 0.375 e. The van der Waals surface area contributed by atoms with Gasteiger partial charge in [0.1, 0.15) is 23.6 Å². The molecule has 0 aliphatic carbocycles. The van der Waals surface area contributed by atoms with Crippen LogP contribution in [0.5, 0.6) is 0 Å². The second-order valence-electron chi connectivity index (χ2n) is 7.97. The number of anilines is 3. The Labute approximate surface area is 191 Å². The number of methoxy groups -OCH3 is 1. The minimum atomic E-state index is -0.238. The number of nitrogens with zero attached hydrogens (tertiary/aromatic N) is 3. The van der Waals surface area contributed by atoms with Crippen LogP contribution in [-0.4, -0.2) is 48.6 Å². The van der Waals surface area contributed by atoms with E-state index >= 15 is 0 Å². The van der Waals surface area contributed by atoms with Crippen LogP contribution >= 0.6 is 11.3 Å². The quantitative estimate of drug-likeness (QED) is 0.590. The highest BCUT2D eigenvalue weighted by Gasteiger charge is 2.27. The Balaban J connectivity index is 1.38. The van der Waals surface area contributed by atoms with Gasteiger partial charge in [0.2, 0.25) is 11.8 Å². The number of ether oxygens (including phenoxy) is 1. The van der Waals surface area contributed by atoms with Crippen LogP contribution in [0.25, 0.3) is 10.2 Å². The van der Waals surface area contributed by atoms with Crippen molar-refractivity contribution in [3.63, 3.8) is 0 Å². The molecule has 9 heteroatoms. The average Bonchev–Trinajstić information content (AvgIpc) is 3.08. The van der Waals surface area contributed by atoms with Gasteiger partial charge in [-0.05, 0) is 50.5 Å². The third-order valence-corrected chi connectivity index (χ3v) is 6.92. The number of thiophene rings is 1. The summed E-state index contributed by atoms with van der Waals surface area (Å²) < 4.78 is 4.83. The van der Waals surface area contributed by atoms with Crippen LogP contribution in [0.3, 0.4) is 0 Å². The molecule has 1 aliphatic heterocycles. The molecule has 1 aliphatic rings. The molecule has 1 aromatic carbocycles. The van der Waals surface area contributed by atoms with Gasteiger partial charge in [0.15, 0.2) is 0 Å². The lowest BCUT2D eigenvalue weighted by Gasteiger charge is -2.32. The standard InChI is InChI=1S/C23H27N5O3S/c1-14-15(2)32-23-20(14)21(24-13-25-23)28-9-7-16(8-10-28)22(30)27-18-6-4-5-17(11-18)26-19(29)12-31-3/h4-6,11,13,16H,7-10,12H2,1-3H3,(H,26,29)(H,27,30). The van der Waals surface area contributed by atoms with Crippen LogP contribution in [0.1, 0.15) is 23.3 Å². The molecule has 0 atom stereocenters. The van der Waals surface area contributed by atoms with Crippen LogP contribution in [0.2, 0.25) is 0 Å². The normalized spacial score (nSPS) is 14.5. The topological polar surface area (TPSA) is 96.5 Å². The zero-order chi connectivity index (χ0) is 22.7. The van der Waals surface area contributed by atoms with Crippen LogP contribution in [0.4, 0.5) is 17.2 Å². The Morgan fingerprint density at radius 1 is 1.16 bits per heavy atom. The second-order valence-corrected chi connectivity index (χ2v) is 9.18. The summed E-state index contributed by atoms with van der Waals surface area (Å²) in [7, 11) is 1.47. The van der Waals surface area contributed by atoms with Gasteiger partial charge in [-0.2, -0.15) is 0 Å². The fourth-order valence-corrected chi connectivity index (χ4v) is 5.00. The van der Waals surface area contributed by atoms with Gasteiger partial charge in [0.25, 0.3) is 0 Å². The first kappa shape index (κ1) is 22.2. The lowest BCUT2D eigenvalue weighted by Crippen LogP contribution is -2.38. The number of hydrogen-bond acceptors (Lipinski definition) is 7. The number of amides is 2. The molecule has 4 rings (SSSR count). The third-order valence-electron chi connectivity index (χ3n) is 5.80. The van der Waals surface area contributed by atoms with Gasteiger partial charge in [0.05, 0.1) is 5.39 Å². The Kier molecular flexibility index (Phi) is 6.66. The summed E-state index contributed by atoms with van der Waals surface area (Å²) in [5.74, 6) is 0.662. The van der Waals surface area contributed by atoms with Gasteiger partial charge in [0, 0.05) is 42.4 Å². The van der Waals surface area contributed by atoms with Crippen molar-refractivity contribution in [2.24, 2.45) is 5.92 Å². The van der Waals surface area contributed by atoms with E-state index in [9.17, 15) is 9.59 Å². The average molecular weight is 454 g/mol. The third kappa shape index (κ3) is 4.73. The molecule has 0 spiro atoms. The molecule has 0 saturated carbocycles. The molecule has 168 valence electrons. The molecule has 2 N–H and O–H groups in total. The molecule has 2 amide bonds. The van der Waals surface area contributed by atoms with Gasteiger partial charge < -0.3 is 20.3 Å². The minimum absolute atomic E-state index is 0.000380. The molecule has 32 heavy (non-hydrogen) atoms. The summed E-state index contributed by atoms with van der Waals surface area (Å²) in [6.07, 6.45) is 3.14. The molecular weight excluding hydrogens is 426 g/mol. The molecule has 0 bridgehead atoms. The maximum atomic E-state index is 12.9. The van der Waals surface area contributed by atoms with Gasteiger partial charge in [-0.1, -0.05) is 6.07 Å². The summed E-state index contributed by atoms with van der Waals surface area (Å²) in [4.78, 5) is 38.1. The van der Waals surface area contributed by atoms with Crippen LogP contribution in [0.15, 0.2) is 30.6 Å². The summed E-state index contributed by atoms with van der Waals surface area (Å²) >= 11 is 1.70. The lowest BCUT2D eigenvalue weighted by molar-refractivity contribution is -0.120. The monoisotopic (exact) mass is 453 g/mol. The second kappa shape index (κ2) is 9.62. The van der Waals surface area contributed by atoms with E-state index in [-0.39, 0.29) is 24.3 Å². The molecule has 0 unspecified atom stereocenters. The van der Waals surface area contributed by atoms with Crippen LogP contribution in [-0.2, 0) is 14.3 Å². The smallest absolute Gasteiger partial charge is 0.250 e. The van der Waals surface area contributed by atoms with Crippen molar-refractivity contribution >= 4 is 50.6 Å². The maximum Gasteiger partial charge on any atom is 0.250 e. The first-order valence-electron chi connectivity index (χ1n) is 10.6. The minimum Gasteiger partial charge on any atom is -0.375 e. The van der Waals surface area contributed by atoms with Crippen molar-refractivity contribution in [1.29, 1.82) is 0 Å². The molecule has 3 heterocycles. The van der Waals surface area contributed by atoms with Crippen molar-refractivity contribution in [2.75, 3.05) is 42.3 Å². The van der Waals surface area contributed by atoms with Gasteiger partial charge in [-0.15, -0.1) is 11.3 Å². The van der Waals surface area contributed by atoms with E-state index in [1.54, 1.807) is 35.9 Å². The molecule has 8 nitrogen and oxygen atoms in total. The fraction of sp³-hybridized carbons (Fsp3) is 0.391. The number of aryl methyl sites for hydroxylation is 2. The number of rotatable bonds is 6. The van der Waals surface area contributed by atoms with E-state index in [0.717, 1.165) is 42.0 Å². The first-order valence-corrected chi connectivity index (χ1v) is 11.4. The molecule has 0 radical (unpaired) electrons. The van der Waals surface area contributed by atoms with Crippen LogP contribution in [0, 0.1) is 19.8 Å². The zero-order valence-electron chi connectivity index (χ0n) is 18.5. The number of benzene rings is 1. The fourth-order valence-electron chi connectivity index (χ4n) is 4.00. The van der Waals surface area contributed by atoms with Crippen molar-refractivity contribution in [3.8, 4) is 0 Å². The highest BCUT2D eigenvalue weighted by molar-refractivity contribution is 7.18. The van der Waals surface area contributed by atoms with Gasteiger partial charge in [-0.3, -0.25) is 9.59 Å². The van der Waals surface area contributed by atoms with E-state index < -0.39 is 0 Å². The number of nitrogens with one attached hydrogen (secondary N) is 2. The molecular formula is C23H27N5O3S. The molecule has 3 aromatic rings. The van der Waals surface area contributed by atoms with Crippen molar-refractivity contribution in [2.45, 2.75) is 26.7 Å². The maximum absolute atomic E-state index is 12.9. The Hall–Kier alpha value is -3.04. The highest BCUT2D eigenvalue weighted by atomic mass is 32.1. The summed E-state index contributed by atoms with van der Waals surface area (Å²) in [6, 6.07) is 7.14. The Bertz CT molecular complexity index is 1140. The number of aromatic nitrogens is 2. The first-order chi connectivity index (χ1) is 15.5. The zero-order valence-corrected chi connectivity index (χ0v) is 19.3. The predicted octanol–water partition coefficient (Wildman–Crippen LogP) is 3.75. The summed E-state index contributed by atoms with van der Waals surface area (Å²) in [5.41, 5.74) is 2.52. The number of hydrogen-bond donors (Lipinski definition) is 2. The van der Waals surface area contributed by atoms with E-state index in [4.69, 9.17) is 4.74 Å². The van der Waals surface area contributed by atoms with Crippen LogP contribution < -0.4 is 15.5 Å². The van der Waals surface area contributed by atoms with Crippen molar-refractivity contribution in [1.82, 2.24) is 9.97 Å². The van der Waals surface area contributed by atoms with Gasteiger partial charge >= 0.3 is 0 Å². The van der Waals surface area contributed by atoms with E-state index in [1.807, 2.05) is 6.07 Å². The van der Waals surface area contributed by atoms with Crippen molar-refractivity contribution in [3.05, 3.63) is 41.0 Å². The number of piperidine rings is 1. The lowest BCUT2D eigenvalue weighted by atomic mass is 9.95. The predicted molar refractivity (Wildman–Crippen MR) is 127 cm³/mol. The molecule has 2 aromatic heterocycles. The SMILES string of the molecule is COCC(=O)Nc1cccc(NC(=O)C2CCN(c3ncnc4sc(C)c(C)c34)CC2)c1. The Morgan fingerprint density at radius 2 is 1.88 bits per heavy atom.